The van der Waals surface area contributed by atoms with E-state index in [-0.39, 0.29) is 11.9 Å². The number of hydrogen-bond acceptors (Lipinski definition) is 6. The lowest BCUT2D eigenvalue weighted by atomic mass is 10.2. The fourth-order valence-electron chi connectivity index (χ4n) is 2.45. The molecule has 0 radical (unpaired) electrons. The number of thioether (sulfide) groups is 1. The standard InChI is InChI=1S/C19H25NO5S/c1-5-23-15-8-6-7-13-11-16(25-17(13)15)18(21)20-14(9-10-26-4)19(22)24-12(2)3/h6-8,11-12,14H,5,9-10H2,1-4H3,(H,20,21). The largest absolute Gasteiger partial charge is 0.490 e. The molecule has 0 saturated carbocycles. The minimum atomic E-state index is -0.711. The zero-order valence-corrected chi connectivity index (χ0v) is 16.4. The highest BCUT2D eigenvalue weighted by Crippen LogP contribution is 2.28. The van der Waals surface area contributed by atoms with Gasteiger partial charge in [-0.3, -0.25) is 4.79 Å². The molecule has 0 aliphatic heterocycles. The van der Waals surface area contributed by atoms with Gasteiger partial charge in [0.25, 0.3) is 5.91 Å². The number of ether oxygens (including phenoxy) is 2. The van der Waals surface area contributed by atoms with Crippen molar-refractivity contribution in [3.05, 3.63) is 30.0 Å². The SMILES string of the molecule is CCOc1cccc2cc(C(=O)NC(CCSC)C(=O)OC(C)C)oc12. The zero-order chi connectivity index (χ0) is 19.1. The van der Waals surface area contributed by atoms with Crippen LogP contribution in [0.3, 0.4) is 0 Å². The van der Waals surface area contributed by atoms with Crippen LogP contribution in [0, 0.1) is 0 Å². The Hall–Kier alpha value is -2.15. The summed E-state index contributed by atoms with van der Waals surface area (Å²) in [7, 11) is 0. The van der Waals surface area contributed by atoms with Gasteiger partial charge in [-0.1, -0.05) is 12.1 Å². The van der Waals surface area contributed by atoms with E-state index in [0.29, 0.717) is 24.4 Å². The van der Waals surface area contributed by atoms with Crippen LogP contribution in [0.2, 0.25) is 0 Å². The average Bonchev–Trinajstić information content (AvgIpc) is 3.03. The molecule has 1 atom stereocenters. The monoisotopic (exact) mass is 379 g/mol. The van der Waals surface area contributed by atoms with Crippen LogP contribution in [0.5, 0.6) is 5.75 Å². The first-order valence-corrected chi connectivity index (χ1v) is 10.0. The minimum absolute atomic E-state index is 0.138. The molecule has 1 unspecified atom stereocenters. The highest BCUT2D eigenvalue weighted by Gasteiger charge is 2.25. The summed E-state index contributed by atoms with van der Waals surface area (Å²) >= 11 is 1.60. The van der Waals surface area contributed by atoms with Crippen molar-refractivity contribution in [1.82, 2.24) is 5.32 Å². The number of rotatable bonds is 9. The highest BCUT2D eigenvalue weighted by atomic mass is 32.2. The number of fused-ring (bicyclic) bond motifs is 1. The van der Waals surface area contributed by atoms with Crippen LogP contribution in [-0.2, 0) is 9.53 Å². The van der Waals surface area contributed by atoms with Gasteiger partial charge in [-0.05, 0) is 51.3 Å². The maximum Gasteiger partial charge on any atom is 0.328 e. The lowest BCUT2D eigenvalue weighted by molar-refractivity contribution is -0.149. The second-order valence-electron chi connectivity index (χ2n) is 6.01. The van der Waals surface area contributed by atoms with Gasteiger partial charge in [0.1, 0.15) is 6.04 Å². The summed E-state index contributed by atoms with van der Waals surface area (Å²) in [6, 6.07) is 6.41. The molecule has 0 fully saturated rings. The Morgan fingerprint density at radius 1 is 1.31 bits per heavy atom. The van der Waals surface area contributed by atoms with Gasteiger partial charge in [0.15, 0.2) is 17.1 Å². The molecule has 7 heteroatoms. The molecule has 1 aromatic heterocycles. The van der Waals surface area contributed by atoms with E-state index in [4.69, 9.17) is 13.9 Å². The summed E-state index contributed by atoms with van der Waals surface area (Å²) in [6.07, 6.45) is 2.19. The predicted octanol–water partition coefficient (Wildman–Crippen LogP) is 3.63. The molecule has 142 valence electrons. The Morgan fingerprint density at radius 3 is 2.73 bits per heavy atom. The highest BCUT2D eigenvalue weighted by molar-refractivity contribution is 7.98. The van der Waals surface area contributed by atoms with Gasteiger partial charge in [-0.25, -0.2) is 4.79 Å². The van der Waals surface area contributed by atoms with E-state index in [2.05, 4.69) is 5.32 Å². The van der Waals surface area contributed by atoms with Crippen LogP contribution in [0.15, 0.2) is 28.7 Å². The molecule has 0 saturated heterocycles. The fraction of sp³-hybridized carbons (Fsp3) is 0.474. The Bertz CT molecular complexity index is 755. The summed E-state index contributed by atoms with van der Waals surface area (Å²) in [5.74, 6) is 0.567. The third-order valence-electron chi connectivity index (χ3n) is 3.58. The van der Waals surface area contributed by atoms with Crippen molar-refractivity contribution in [2.75, 3.05) is 18.6 Å². The van der Waals surface area contributed by atoms with Crippen molar-refractivity contribution in [2.24, 2.45) is 0 Å². The van der Waals surface area contributed by atoms with Crippen molar-refractivity contribution in [1.29, 1.82) is 0 Å². The molecule has 26 heavy (non-hydrogen) atoms. The van der Waals surface area contributed by atoms with Crippen molar-refractivity contribution in [2.45, 2.75) is 39.3 Å². The van der Waals surface area contributed by atoms with Crippen LogP contribution in [0.1, 0.15) is 37.7 Å². The average molecular weight is 379 g/mol. The summed E-state index contributed by atoms with van der Waals surface area (Å²) in [5, 5.41) is 3.49. The molecule has 0 spiro atoms. The van der Waals surface area contributed by atoms with Gasteiger partial charge in [-0.2, -0.15) is 11.8 Å². The van der Waals surface area contributed by atoms with Crippen molar-refractivity contribution in [3.63, 3.8) is 0 Å². The van der Waals surface area contributed by atoms with E-state index in [1.807, 2.05) is 25.3 Å². The first-order valence-electron chi connectivity index (χ1n) is 8.61. The number of amides is 1. The summed E-state index contributed by atoms with van der Waals surface area (Å²) < 4.78 is 16.5. The van der Waals surface area contributed by atoms with Crippen LogP contribution in [0.25, 0.3) is 11.0 Å². The third kappa shape index (κ3) is 5.17. The van der Waals surface area contributed by atoms with Crippen LogP contribution >= 0.6 is 11.8 Å². The van der Waals surface area contributed by atoms with E-state index in [1.54, 1.807) is 37.7 Å². The lowest BCUT2D eigenvalue weighted by Crippen LogP contribution is -2.42. The van der Waals surface area contributed by atoms with E-state index in [0.717, 1.165) is 11.1 Å². The molecule has 1 N–H and O–H groups in total. The number of para-hydroxylation sites is 1. The van der Waals surface area contributed by atoms with Crippen LogP contribution in [-0.4, -0.2) is 42.6 Å². The molecule has 1 aromatic carbocycles. The zero-order valence-electron chi connectivity index (χ0n) is 15.5. The van der Waals surface area contributed by atoms with Crippen molar-refractivity contribution >= 4 is 34.6 Å². The number of hydrogen-bond donors (Lipinski definition) is 1. The quantitative estimate of drug-likeness (QED) is 0.670. The van der Waals surface area contributed by atoms with Gasteiger partial charge in [0.05, 0.1) is 12.7 Å². The topological polar surface area (TPSA) is 77.8 Å². The Labute approximate surface area is 157 Å². The predicted molar refractivity (Wildman–Crippen MR) is 103 cm³/mol. The van der Waals surface area contributed by atoms with E-state index in [9.17, 15) is 9.59 Å². The van der Waals surface area contributed by atoms with Gasteiger partial charge in [-0.15, -0.1) is 0 Å². The number of nitrogens with one attached hydrogen (secondary N) is 1. The number of benzene rings is 1. The molecule has 0 bridgehead atoms. The maximum atomic E-state index is 12.6. The van der Waals surface area contributed by atoms with E-state index in [1.165, 1.54) is 0 Å². The smallest absolute Gasteiger partial charge is 0.328 e. The summed E-state index contributed by atoms with van der Waals surface area (Å²) in [4.78, 5) is 24.8. The normalized spacial score (nSPS) is 12.2. The molecule has 0 aliphatic carbocycles. The van der Waals surface area contributed by atoms with Gasteiger partial charge < -0.3 is 19.2 Å². The lowest BCUT2D eigenvalue weighted by Gasteiger charge is -2.18. The first-order chi connectivity index (χ1) is 12.5. The molecular formula is C19H25NO5S. The van der Waals surface area contributed by atoms with Crippen LogP contribution < -0.4 is 10.1 Å². The van der Waals surface area contributed by atoms with E-state index < -0.39 is 17.9 Å². The second kappa shape index (κ2) is 9.52. The first kappa shape index (κ1) is 20.2. The molecule has 0 aliphatic rings. The number of esters is 1. The van der Waals surface area contributed by atoms with Crippen molar-refractivity contribution in [3.8, 4) is 5.75 Å². The van der Waals surface area contributed by atoms with Gasteiger partial charge in [0.2, 0.25) is 0 Å². The molecule has 2 rings (SSSR count). The number of furan rings is 1. The van der Waals surface area contributed by atoms with Gasteiger partial charge in [0, 0.05) is 5.39 Å². The van der Waals surface area contributed by atoms with Crippen LogP contribution in [0.4, 0.5) is 0 Å². The molecule has 6 nitrogen and oxygen atoms in total. The fourth-order valence-corrected chi connectivity index (χ4v) is 2.92. The van der Waals surface area contributed by atoms with Gasteiger partial charge >= 0.3 is 5.97 Å². The maximum absolute atomic E-state index is 12.6. The van der Waals surface area contributed by atoms with E-state index >= 15 is 0 Å². The molecule has 1 heterocycles. The Morgan fingerprint density at radius 2 is 2.08 bits per heavy atom. The number of carbonyl (C=O) groups is 2. The Balaban J connectivity index is 2.18. The minimum Gasteiger partial charge on any atom is -0.490 e. The Kier molecular flexibility index (Phi) is 7.38. The van der Waals surface area contributed by atoms with Crippen molar-refractivity contribution < 1.29 is 23.5 Å². The molecular weight excluding hydrogens is 354 g/mol. The molecule has 1 amide bonds. The number of carbonyl (C=O) groups excluding carboxylic acids is 2. The molecule has 2 aromatic rings. The second-order valence-corrected chi connectivity index (χ2v) is 7.00. The summed E-state index contributed by atoms with van der Waals surface area (Å²) in [6.45, 7) is 5.94. The summed E-state index contributed by atoms with van der Waals surface area (Å²) in [5.41, 5.74) is 0.518. The third-order valence-corrected chi connectivity index (χ3v) is 4.23.